The van der Waals surface area contributed by atoms with Crippen LogP contribution in [0.3, 0.4) is 0 Å². The summed E-state index contributed by atoms with van der Waals surface area (Å²) in [6.07, 6.45) is 1.80. The first-order chi connectivity index (χ1) is 10.8. The molecule has 0 unspecified atom stereocenters. The SMILES string of the molecule is CN(C)S(=O)(=O)N1C[C@H]2CC[C@@H](C1)N(C(=O)c1ccc(Cl)s1)C2. The molecular formula is C14H20ClN3O3S2. The van der Waals surface area contributed by atoms with Crippen molar-refractivity contribution in [1.29, 1.82) is 0 Å². The van der Waals surface area contributed by atoms with Gasteiger partial charge < -0.3 is 4.90 Å². The van der Waals surface area contributed by atoms with E-state index in [4.69, 9.17) is 11.6 Å². The minimum absolute atomic E-state index is 0.0410. The number of carbonyl (C=O) groups is 1. The van der Waals surface area contributed by atoms with Crippen molar-refractivity contribution in [2.45, 2.75) is 18.9 Å². The van der Waals surface area contributed by atoms with E-state index in [0.29, 0.717) is 28.8 Å². The van der Waals surface area contributed by atoms with Crippen LogP contribution in [-0.2, 0) is 10.2 Å². The quantitative estimate of drug-likeness (QED) is 0.806. The Kier molecular flexibility index (Phi) is 4.72. The van der Waals surface area contributed by atoms with Crippen LogP contribution in [0.4, 0.5) is 0 Å². The molecule has 6 nitrogen and oxygen atoms in total. The van der Waals surface area contributed by atoms with Gasteiger partial charge in [0.2, 0.25) is 0 Å². The Morgan fingerprint density at radius 3 is 2.61 bits per heavy atom. The maximum atomic E-state index is 12.7. The lowest BCUT2D eigenvalue weighted by Gasteiger charge is -2.35. The first-order valence-corrected chi connectivity index (χ1v) is 10.1. The van der Waals surface area contributed by atoms with Crippen molar-refractivity contribution in [3.05, 3.63) is 21.3 Å². The minimum atomic E-state index is -3.45. The van der Waals surface area contributed by atoms with E-state index in [1.807, 2.05) is 4.90 Å². The maximum Gasteiger partial charge on any atom is 0.281 e. The molecule has 2 bridgehead atoms. The van der Waals surface area contributed by atoms with Gasteiger partial charge in [0, 0.05) is 39.8 Å². The molecule has 0 N–H and O–H groups in total. The van der Waals surface area contributed by atoms with Gasteiger partial charge in [0.05, 0.1) is 9.21 Å². The number of piperidine rings is 1. The molecule has 0 saturated carbocycles. The Labute approximate surface area is 145 Å². The second-order valence-electron chi connectivity index (χ2n) is 6.27. The Bertz CT molecular complexity index is 704. The highest BCUT2D eigenvalue weighted by Gasteiger charge is 2.41. The lowest BCUT2D eigenvalue weighted by atomic mass is 9.95. The van der Waals surface area contributed by atoms with Gasteiger partial charge >= 0.3 is 0 Å². The van der Waals surface area contributed by atoms with Crippen molar-refractivity contribution < 1.29 is 13.2 Å². The summed E-state index contributed by atoms with van der Waals surface area (Å²) in [5, 5.41) is 0. The first-order valence-electron chi connectivity index (χ1n) is 7.53. The van der Waals surface area contributed by atoms with E-state index in [1.165, 1.54) is 19.9 Å². The van der Waals surface area contributed by atoms with E-state index in [9.17, 15) is 13.2 Å². The highest BCUT2D eigenvalue weighted by molar-refractivity contribution is 7.86. The smallest absolute Gasteiger partial charge is 0.281 e. The van der Waals surface area contributed by atoms with Gasteiger partial charge in [0.25, 0.3) is 16.1 Å². The van der Waals surface area contributed by atoms with Crippen LogP contribution in [0, 0.1) is 5.92 Å². The summed E-state index contributed by atoms with van der Waals surface area (Å²) in [6, 6.07) is 3.39. The number of fused-ring (bicyclic) bond motifs is 4. The van der Waals surface area contributed by atoms with Crippen LogP contribution < -0.4 is 0 Å². The van der Waals surface area contributed by atoms with Crippen LogP contribution in [0.15, 0.2) is 12.1 Å². The van der Waals surface area contributed by atoms with E-state index in [-0.39, 0.29) is 17.9 Å². The summed E-state index contributed by atoms with van der Waals surface area (Å²) in [4.78, 5) is 15.2. The second-order valence-corrected chi connectivity index (χ2v) is 10.1. The van der Waals surface area contributed by atoms with Crippen LogP contribution in [0.5, 0.6) is 0 Å². The second kappa shape index (κ2) is 6.33. The predicted octanol–water partition coefficient (Wildman–Crippen LogP) is 1.74. The van der Waals surface area contributed by atoms with Crippen LogP contribution in [0.1, 0.15) is 22.5 Å². The lowest BCUT2D eigenvalue weighted by molar-refractivity contribution is 0.0593. The standard InChI is InChI=1S/C14H20ClN3O3S2/c1-16(2)23(20,21)17-7-10-3-4-11(9-17)18(8-10)14(19)12-5-6-13(15)22-12/h5-6,10-11H,3-4,7-9H2,1-2H3/t10-,11+/m1/s1. The van der Waals surface area contributed by atoms with Gasteiger partial charge in [-0.2, -0.15) is 17.0 Å². The zero-order valence-electron chi connectivity index (χ0n) is 13.1. The molecule has 2 atom stereocenters. The molecular weight excluding hydrogens is 358 g/mol. The van der Waals surface area contributed by atoms with Gasteiger partial charge in [-0.15, -0.1) is 11.3 Å². The number of thiophene rings is 1. The molecule has 3 aliphatic heterocycles. The average Bonchev–Trinajstić information content (AvgIpc) is 2.73. The van der Waals surface area contributed by atoms with Crippen LogP contribution >= 0.6 is 22.9 Å². The van der Waals surface area contributed by atoms with Gasteiger partial charge in [-0.25, -0.2) is 0 Å². The van der Waals surface area contributed by atoms with Crippen LogP contribution in [0.2, 0.25) is 4.34 Å². The molecule has 3 saturated heterocycles. The summed E-state index contributed by atoms with van der Waals surface area (Å²) >= 11 is 7.20. The lowest BCUT2D eigenvalue weighted by Crippen LogP contribution is -2.48. The molecule has 1 amide bonds. The Balaban J connectivity index is 1.83. The molecule has 0 aliphatic carbocycles. The Morgan fingerprint density at radius 2 is 2.00 bits per heavy atom. The molecule has 0 aromatic carbocycles. The Morgan fingerprint density at radius 1 is 1.26 bits per heavy atom. The molecule has 4 rings (SSSR count). The number of amides is 1. The van der Waals surface area contributed by atoms with Crippen LogP contribution in [0.25, 0.3) is 0 Å². The van der Waals surface area contributed by atoms with Gasteiger partial charge in [0.1, 0.15) is 0 Å². The van der Waals surface area contributed by atoms with E-state index >= 15 is 0 Å². The fourth-order valence-corrected chi connectivity index (χ4v) is 5.50. The van der Waals surface area contributed by atoms with Crippen LogP contribution in [-0.4, -0.2) is 67.6 Å². The fourth-order valence-electron chi connectivity index (χ4n) is 3.28. The molecule has 128 valence electrons. The first kappa shape index (κ1) is 17.2. The summed E-state index contributed by atoms with van der Waals surface area (Å²) in [5.74, 6) is 0.142. The third kappa shape index (κ3) is 3.28. The largest absolute Gasteiger partial charge is 0.333 e. The zero-order chi connectivity index (χ0) is 16.8. The number of hydrogen-bond acceptors (Lipinski definition) is 4. The normalized spacial score (nSPS) is 25.8. The van der Waals surface area contributed by atoms with Gasteiger partial charge in [-0.05, 0) is 30.9 Å². The average molecular weight is 378 g/mol. The van der Waals surface area contributed by atoms with Gasteiger partial charge in [-0.3, -0.25) is 4.79 Å². The fraction of sp³-hybridized carbons (Fsp3) is 0.643. The minimum Gasteiger partial charge on any atom is -0.333 e. The maximum absolute atomic E-state index is 12.7. The number of nitrogens with zero attached hydrogens (tertiary/aromatic N) is 3. The molecule has 23 heavy (non-hydrogen) atoms. The Hall–Kier alpha value is -0.670. The number of hydrogen-bond donors (Lipinski definition) is 0. The van der Waals surface area contributed by atoms with E-state index in [2.05, 4.69) is 0 Å². The van der Waals surface area contributed by atoms with Gasteiger partial charge in [-0.1, -0.05) is 11.6 Å². The third-order valence-electron chi connectivity index (χ3n) is 4.51. The molecule has 3 aliphatic rings. The summed E-state index contributed by atoms with van der Waals surface area (Å²) in [7, 11) is -0.368. The van der Waals surface area contributed by atoms with Crippen molar-refractivity contribution in [3.63, 3.8) is 0 Å². The van der Waals surface area contributed by atoms with Crippen molar-refractivity contribution in [2.24, 2.45) is 5.92 Å². The summed E-state index contributed by atoms with van der Waals surface area (Å²) < 4.78 is 28.2. The van der Waals surface area contributed by atoms with E-state index < -0.39 is 10.2 Å². The van der Waals surface area contributed by atoms with E-state index in [1.54, 1.807) is 26.2 Å². The topological polar surface area (TPSA) is 60.9 Å². The molecule has 1 aromatic heterocycles. The number of carbonyl (C=O) groups excluding carboxylic acids is 1. The van der Waals surface area contributed by atoms with Gasteiger partial charge in [0.15, 0.2) is 0 Å². The molecule has 4 heterocycles. The zero-order valence-corrected chi connectivity index (χ0v) is 15.5. The molecule has 9 heteroatoms. The van der Waals surface area contributed by atoms with E-state index in [0.717, 1.165) is 12.8 Å². The molecule has 0 spiro atoms. The number of rotatable bonds is 3. The van der Waals surface area contributed by atoms with Crippen molar-refractivity contribution >= 4 is 39.1 Å². The van der Waals surface area contributed by atoms with Crippen molar-refractivity contribution in [2.75, 3.05) is 33.7 Å². The number of halogens is 1. The third-order valence-corrected chi connectivity index (χ3v) is 7.61. The molecule has 0 radical (unpaired) electrons. The molecule has 3 fully saturated rings. The molecule has 1 aromatic rings. The van der Waals surface area contributed by atoms with Crippen molar-refractivity contribution in [3.8, 4) is 0 Å². The highest BCUT2D eigenvalue weighted by Crippen LogP contribution is 2.32. The highest BCUT2D eigenvalue weighted by atomic mass is 35.5. The summed E-state index contributed by atoms with van der Waals surface area (Å²) in [5.41, 5.74) is 0. The predicted molar refractivity (Wildman–Crippen MR) is 91.1 cm³/mol. The summed E-state index contributed by atoms with van der Waals surface area (Å²) in [6.45, 7) is 1.45. The monoisotopic (exact) mass is 377 g/mol. The van der Waals surface area contributed by atoms with Crippen molar-refractivity contribution in [1.82, 2.24) is 13.5 Å².